The zero-order valence-corrected chi connectivity index (χ0v) is 22.5. The van der Waals surface area contributed by atoms with Gasteiger partial charge in [0.15, 0.2) is 0 Å². The third-order valence-electron chi connectivity index (χ3n) is 7.30. The van der Waals surface area contributed by atoms with Crippen LogP contribution in [0, 0.1) is 5.92 Å². The molecule has 8 heteroatoms. The number of likely N-dealkylation sites (tertiary alicyclic amines) is 1. The highest BCUT2D eigenvalue weighted by Crippen LogP contribution is 2.31. The Morgan fingerprint density at radius 2 is 1.83 bits per heavy atom. The van der Waals surface area contributed by atoms with Gasteiger partial charge in [0.25, 0.3) is 5.91 Å². The number of nitrogens with zero attached hydrogens (tertiary/aromatic N) is 4. The second kappa shape index (κ2) is 11.9. The minimum atomic E-state index is -0.138. The van der Waals surface area contributed by atoms with E-state index in [0.717, 1.165) is 50.1 Å². The zero-order valence-electron chi connectivity index (χ0n) is 21.0. The lowest BCUT2D eigenvalue weighted by molar-refractivity contribution is 0.0447. The van der Waals surface area contributed by atoms with E-state index in [9.17, 15) is 4.79 Å². The Balaban J connectivity index is 1.37. The van der Waals surface area contributed by atoms with Gasteiger partial charge in [-0.15, -0.1) is 0 Å². The average Bonchev–Trinajstić information content (AvgIpc) is 2.85. The summed E-state index contributed by atoms with van der Waals surface area (Å²) in [6.45, 7) is 13.1. The highest BCUT2D eigenvalue weighted by atomic mass is 35.5. The Hall–Kier alpha value is -1.86. The monoisotopic (exact) mass is 517 g/mol. The molecule has 2 fully saturated rings. The lowest BCUT2D eigenvalue weighted by Gasteiger charge is -2.49. The summed E-state index contributed by atoms with van der Waals surface area (Å²) in [5.74, 6) is 1.17. The number of anilines is 1. The van der Waals surface area contributed by atoms with Crippen molar-refractivity contribution in [3.05, 3.63) is 57.7 Å². The summed E-state index contributed by atoms with van der Waals surface area (Å²) in [5.41, 5.74) is 1.83. The van der Waals surface area contributed by atoms with Crippen LogP contribution in [0.5, 0.6) is 0 Å². The van der Waals surface area contributed by atoms with Crippen LogP contribution >= 0.6 is 23.2 Å². The molecule has 2 saturated heterocycles. The largest absolute Gasteiger partial charge is 0.353 e. The summed E-state index contributed by atoms with van der Waals surface area (Å²) < 4.78 is 0. The summed E-state index contributed by atoms with van der Waals surface area (Å²) in [6, 6.07) is 11.0. The molecule has 1 aromatic carbocycles. The van der Waals surface area contributed by atoms with Gasteiger partial charge < -0.3 is 10.2 Å². The molecule has 0 spiro atoms. The van der Waals surface area contributed by atoms with Crippen LogP contribution in [0.15, 0.2) is 36.5 Å². The maximum absolute atomic E-state index is 12.1. The predicted octanol–water partition coefficient (Wildman–Crippen LogP) is 4.95. The summed E-state index contributed by atoms with van der Waals surface area (Å²) in [5, 5.41) is 4.14. The molecule has 0 saturated carbocycles. The number of carbonyl (C=O) groups is 1. The molecule has 0 aliphatic carbocycles. The van der Waals surface area contributed by atoms with Crippen molar-refractivity contribution in [3.8, 4) is 0 Å². The molecule has 35 heavy (non-hydrogen) atoms. The van der Waals surface area contributed by atoms with E-state index in [0.29, 0.717) is 35.1 Å². The van der Waals surface area contributed by atoms with Crippen molar-refractivity contribution in [2.75, 3.05) is 44.2 Å². The molecule has 0 radical (unpaired) electrons. The molecule has 0 bridgehead atoms. The Kier molecular flexibility index (Phi) is 8.92. The fourth-order valence-electron chi connectivity index (χ4n) is 5.37. The third kappa shape index (κ3) is 6.48. The molecule has 2 aliphatic rings. The summed E-state index contributed by atoms with van der Waals surface area (Å²) in [7, 11) is 0. The Labute approximate surface area is 219 Å². The predicted molar refractivity (Wildman–Crippen MR) is 145 cm³/mol. The highest BCUT2D eigenvalue weighted by molar-refractivity contribution is 6.33. The molecule has 4 rings (SSSR count). The lowest BCUT2D eigenvalue weighted by atomic mass is 9.93. The van der Waals surface area contributed by atoms with E-state index >= 15 is 0 Å². The summed E-state index contributed by atoms with van der Waals surface area (Å²) in [6.07, 6.45) is 4.02. The van der Waals surface area contributed by atoms with Crippen LogP contribution in [0.2, 0.25) is 10.0 Å². The number of carbonyl (C=O) groups excluding carboxylic acids is 1. The van der Waals surface area contributed by atoms with Crippen molar-refractivity contribution in [1.82, 2.24) is 20.1 Å². The molecular weight excluding hydrogens is 481 g/mol. The van der Waals surface area contributed by atoms with Gasteiger partial charge in [0.2, 0.25) is 0 Å². The van der Waals surface area contributed by atoms with Crippen molar-refractivity contribution >= 4 is 34.9 Å². The fraction of sp³-hybridized carbons (Fsp3) is 0.556. The summed E-state index contributed by atoms with van der Waals surface area (Å²) in [4.78, 5) is 24.3. The number of benzene rings is 1. The van der Waals surface area contributed by atoms with Gasteiger partial charge in [0.1, 0.15) is 5.82 Å². The fourth-order valence-corrected chi connectivity index (χ4v) is 5.78. The van der Waals surface area contributed by atoms with Gasteiger partial charge in [-0.25, -0.2) is 4.98 Å². The number of nitrogens with one attached hydrogen (secondary N) is 1. The van der Waals surface area contributed by atoms with Crippen LogP contribution in [0.1, 0.15) is 49.5 Å². The molecule has 2 aromatic rings. The van der Waals surface area contributed by atoms with Gasteiger partial charge >= 0.3 is 0 Å². The van der Waals surface area contributed by atoms with Crippen LogP contribution in [-0.4, -0.2) is 72.0 Å². The first-order valence-electron chi connectivity index (χ1n) is 12.8. The van der Waals surface area contributed by atoms with E-state index in [4.69, 9.17) is 23.2 Å². The smallest absolute Gasteiger partial charge is 0.252 e. The first-order valence-corrected chi connectivity index (χ1v) is 13.5. The molecule has 1 atom stereocenters. The Bertz CT molecular complexity index is 992. The van der Waals surface area contributed by atoms with Crippen LogP contribution in [0.25, 0.3) is 0 Å². The van der Waals surface area contributed by atoms with E-state index in [2.05, 4.69) is 51.0 Å². The number of pyridine rings is 1. The molecule has 1 aromatic heterocycles. The van der Waals surface area contributed by atoms with Crippen LogP contribution in [0.3, 0.4) is 0 Å². The van der Waals surface area contributed by atoms with Crippen LogP contribution < -0.4 is 10.2 Å². The van der Waals surface area contributed by atoms with E-state index in [1.165, 1.54) is 18.4 Å². The number of piperazine rings is 1. The van der Waals surface area contributed by atoms with Gasteiger partial charge in [-0.2, -0.15) is 0 Å². The maximum Gasteiger partial charge on any atom is 0.252 e. The van der Waals surface area contributed by atoms with Crippen molar-refractivity contribution in [2.24, 2.45) is 5.92 Å². The number of hydrogen-bond acceptors (Lipinski definition) is 5. The molecule has 3 heterocycles. The Morgan fingerprint density at radius 3 is 2.46 bits per heavy atom. The topological polar surface area (TPSA) is 51.7 Å². The number of halogens is 2. The van der Waals surface area contributed by atoms with Gasteiger partial charge in [0.05, 0.1) is 10.6 Å². The number of piperidine rings is 1. The third-order valence-corrected chi connectivity index (χ3v) is 7.83. The maximum atomic E-state index is 12.1. The van der Waals surface area contributed by atoms with Gasteiger partial charge in [-0.3, -0.25) is 14.6 Å². The van der Waals surface area contributed by atoms with E-state index in [1.807, 2.05) is 19.1 Å². The van der Waals surface area contributed by atoms with Crippen LogP contribution in [-0.2, 0) is 6.54 Å². The van der Waals surface area contributed by atoms with Crippen molar-refractivity contribution in [2.45, 2.75) is 52.2 Å². The van der Waals surface area contributed by atoms with E-state index < -0.39 is 0 Å². The first-order chi connectivity index (χ1) is 16.9. The minimum absolute atomic E-state index is 0.138. The second-order valence-electron chi connectivity index (χ2n) is 10.0. The number of rotatable bonds is 7. The number of aromatic nitrogens is 1. The molecular formula is C27H37Cl2N5O. The highest BCUT2D eigenvalue weighted by Gasteiger charge is 2.36. The second-order valence-corrected chi connectivity index (χ2v) is 10.9. The average molecular weight is 519 g/mol. The van der Waals surface area contributed by atoms with Gasteiger partial charge in [-0.05, 0) is 62.5 Å². The van der Waals surface area contributed by atoms with E-state index in [-0.39, 0.29) is 5.91 Å². The van der Waals surface area contributed by atoms with Crippen LogP contribution in [0.4, 0.5) is 5.82 Å². The molecule has 0 unspecified atom stereocenters. The minimum Gasteiger partial charge on any atom is -0.353 e. The van der Waals surface area contributed by atoms with Gasteiger partial charge in [0, 0.05) is 56.0 Å². The van der Waals surface area contributed by atoms with Crippen molar-refractivity contribution < 1.29 is 4.79 Å². The van der Waals surface area contributed by atoms with E-state index in [1.54, 1.807) is 12.3 Å². The standard InChI is InChI=1S/C27H37Cl2N5O/c1-4-30-27(35)21-15-24(29)26(31-16-21)33-13-14-34(25(18-33)19(2)3)23-9-11-32(12-10-23)17-20-5-7-22(28)8-6-20/h5-8,15-16,19,23,25H,4,9-14,17-18H2,1-3H3,(H,30,35)/t25-/m1/s1. The normalized spacial score (nSPS) is 20.4. The number of amides is 1. The molecule has 1 amide bonds. The SMILES string of the molecule is CCNC(=O)c1cnc(N2CCN(C3CCN(Cc4ccc(Cl)cc4)CC3)[C@@H](C(C)C)C2)c(Cl)c1. The van der Waals surface area contributed by atoms with Crippen molar-refractivity contribution in [1.29, 1.82) is 0 Å². The quantitative estimate of drug-likeness (QED) is 0.562. The van der Waals surface area contributed by atoms with Gasteiger partial charge in [-0.1, -0.05) is 49.2 Å². The molecule has 2 aliphatic heterocycles. The molecule has 190 valence electrons. The first kappa shape index (κ1) is 26.2. The molecule has 6 nitrogen and oxygen atoms in total. The van der Waals surface area contributed by atoms with Crippen molar-refractivity contribution in [3.63, 3.8) is 0 Å². The molecule has 1 N–H and O–H groups in total. The lowest BCUT2D eigenvalue weighted by Crippen LogP contribution is -2.60. The number of hydrogen-bond donors (Lipinski definition) is 1. The Morgan fingerprint density at radius 1 is 1.11 bits per heavy atom. The zero-order chi connectivity index (χ0) is 24.9. The summed E-state index contributed by atoms with van der Waals surface area (Å²) >= 11 is 12.6.